The van der Waals surface area contributed by atoms with E-state index in [9.17, 15) is 9.59 Å². The molecular formula is C12H20O2. The fourth-order valence-corrected chi connectivity index (χ4v) is 2.25. The number of aldehydes is 1. The molecule has 1 atom stereocenters. The molecule has 1 rings (SSSR count). The monoisotopic (exact) mass is 196 g/mol. The molecule has 0 saturated heterocycles. The van der Waals surface area contributed by atoms with Crippen molar-refractivity contribution < 1.29 is 9.59 Å². The van der Waals surface area contributed by atoms with Gasteiger partial charge < -0.3 is 4.79 Å². The van der Waals surface area contributed by atoms with Crippen molar-refractivity contribution in [3.05, 3.63) is 0 Å². The Labute approximate surface area is 86.1 Å². The molecule has 0 aromatic rings. The molecular weight excluding hydrogens is 176 g/mol. The Kier molecular flexibility index (Phi) is 4.30. The van der Waals surface area contributed by atoms with Gasteiger partial charge in [0.25, 0.3) is 0 Å². The van der Waals surface area contributed by atoms with Crippen molar-refractivity contribution in [1.82, 2.24) is 0 Å². The van der Waals surface area contributed by atoms with Gasteiger partial charge in [0.15, 0.2) is 0 Å². The van der Waals surface area contributed by atoms with Crippen LogP contribution >= 0.6 is 0 Å². The quantitative estimate of drug-likeness (QED) is 0.385. The second kappa shape index (κ2) is 5.28. The van der Waals surface area contributed by atoms with E-state index < -0.39 is 5.41 Å². The molecule has 1 aliphatic carbocycles. The van der Waals surface area contributed by atoms with Crippen molar-refractivity contribution in [1.29, 1.82) is 0 Å². The van der Waals surface area contributed by atoms with Crippen molar-refractivity contribution in [3.8, 4) is 0 Å². The minimum atomic E-state index is -0.590. The Bertz CT molecular complexity index is 210. The van der Waals surface area contributed by atoms with Crippen LogP contribution in [0, 0.1) is 5.41 Å². The summed E-state index contributed by atoms with van der Waals surface area (Å²) in [5.41, 5.74) is -0.590. The molecule has 0 N–H and O–H groups in total. The highest BCUT2D eigenvalue weighted by atomic mass is 16.1. The largest absolute Gasteiger partial charge is 0.302 e. The standard InChI is InChI=1S/C12H20O2/c1-2-3-5-8-12(10-13)9-6-4-7-11(12)14/h10H,2-9H2,1H3. The van der Waals surface area contributed by atoms with Crippen LogP contribution in [0.15, 0.2) is 0 Å². The summed E-state index contributed by atoms with van der Waals surface area (Å²) in [4.78, 5) is 22.8. The summed E-state index contributed by atoms with van der Waals surface area (Å²) < 4.78 is 0. The minimum absolute atomic E-state index is 0.190. The number of hydrogen-bond acceptors (Lipinski definition) is 2. The topological polar surface area (TPSA) is 34.1 Å². The summed E-state index contributed by atoms with van der Waals surface area (Å²) in [5.74, 6) is 0.190. The number of rotatable bonds is 5. The molecule has 0 aromatic carbocycles. The van der Waals surface area contributed by atoms with E-state index in [0.717, 1.165) is 51.2 Å². The van der Waals surface area contributed by atoms with Crippen molar-refractivity contribution in [2.45, 2.75) is 58.3 Å². The molecule has 0 spiro atoms. The van der Waals surface area contributed by atoms with Gasteiger partial charge in [-0.1, -0.05) is 32.6 Å². The van der Waals surface area contributed by atoms with Crippen LogP contribution in [-0.2, 0) is 9.59 Å². The van der Waals surface area contributed by atoms with Gasteiger partial charge in [0.05, 0.1) is 5.41 Å². The van der Waals surface area contributed by atoms with Crippen LogP contribution < -0.4 is 0 Å². The molecule has 0 aromatic heterocycles. The zero-order chi connectivity index (χ0) is 10.4. The van der Waals surface area contributed by atoms with E-state index in [1.807, 2.05) is 0 Å². The molecule has 14 heavy (non-hydrogen) atoms. The van der Waals surface area contributed by atoms with Crippen LogP contribution in [0.25, 0.3) is 0 Å². The Hall–Kier alpha value is -0.660. The van der Waals surface area contributed by atoms with Crippen LogP contribution in [0.1, 0.15) is 58.3 Å². The van der Waals surface area contributed by atoms with E-state index >= 15 is 0 Å². The summed E-state index contributed by atoms with van der Waals surface area (Å²) in [6.07, 6.45) is 8.41. The van der Waals surface area contributed by atoms with Crippen molar-refractivity contribution >= 4 is 12.1 Å². The van der Waals surface area contributed by atoms with Gasteiger partial charge in [-0.3, -0.25) is 4.79 Å². The van der Waals surface area contributed by atoms with Crippen molar-refractivity contribution in [2.24, 2.45) is 5.41 Å². The number of hydrogen-bond donors (Lipinski definition) is 0. The Morgan fingerprint density at radius 1 is 1.36 bits per heavy atom. The molecule has 1 aliphatic rings. The molecule has 0 heterocycles. The number of unbranched alkanes of at least 4 members (excludes halogenated alkanes) is 2. The first-order valence-electron chi connectivity index (χ1n) is 5.75. The SMILES string of the molecule is CCCCCC1(C=O)CCCCC1=O. The van der Waals surface area contributed by atoms with Gasteiger partial charge in [-0.05, 0) is 19.3 Å². The molecule has 0 amide bonds. The van der Waals surface area contributed by atoms with Crippen LogP contribution in [0.2, 0.25) is 0 Å². The zero-order valence-electron chi connectivity index (χ0n) is 9.05. The van der Waals surface area contributed by atoms with E-state index in [0.29, 0.717) is 6.42 Å². The summed E-state index contributed by atoms with van der Waals surface area (Å²) in [6, 6.07) is 0. The Morgan fingerprint density at radius 3 is 2.71 bits per heavy atom. The molecule has 0 bridgehead atoms. The summed E-state index contributed by atoms with van der Waals surface area (Å²) in [6.45, 7) is 2.14. The summed E-state index contributed by atoms with van der Waals surface area (Å²) >= 11 is 0. The molecule has 1 saturated carbocycles. The first-order chi connectivity index (χ1) is 6.75. The second-order valence-electron chi connectivity index (χ2n) is 4.36. The van der Waals surface area contributed by atoms with Gasteiger partial charge in [0, 0.05) is 6.42 Å². The first kappa shape index (κ1) is 11.4. The average Bonchev–Trinajstić information content (AvgIpc) is 2.21. The van der Waals surface area contributed by atoms with Gasteiger partial charge in [-0.15, -0.1) is 0 Å². The fraction of sp³-hybridized carbons (Fsp3) is 0.833. The van der Waals surface area contributed by atoms with Gasteiger partial charge in [0.1, 0.15) is 12.1 Å². The van der Waals surface area contributed by atoms with Crippen LogP contribution in [0.4, 0.5) is 0 Å². The van der Waals surface area contributed by atoms with Crippen molar-refractivity contribution in [3.63, 3.8) is 0 Å². The van der Waals surface area contributed by atoms with Gasteiger partial charge >= 0.3 is 0 Å². The number of carbonyl (C=O) groups excluding carboxylic acids is 2. The molecule has 0 aliphatic heterocycles. The van der Waals surface area contributed by atoms with E-state index in [-0.39, 0.29) is 5.78 Å². The zero-order valence-corrected chi connectivity index (χ0v) is 9.05. The Morgan fingerprint density at radius 2 is 2.14 bits per heavy atom. The van der Waals surface area contributed by atoms with Gasteiger partial charge in [-0.2, -0.15) is 0 Å². The number of Topliss-reactive ketones (excluding diaryl/α,β-unsaturated/α-hetero) is 1. The normalized spacial score (nSPS) is 27.6. The third-order valence-corrected chi connectivity index (χ3v) is 3.28. The third kappa shape index (κ3) is 2.43. The van der Waals surface area contributed by atoms with Gasteiger partial charge in [0.2, 0.25) is 0 Å². The summed E-state index contributed by atoms with van der Waals surface area (Å²) in [5, 5.41) is 0. The fourth-order valence-electron chi connectivity index (χ4n) is 2.25. The predicted molar refractivity (Wildman–Crippen MR) is 56.1 cm³/mol. The molecule has 80 valence electrons. The van der Waals surface area contributed by atoms with Crippen LogP contribution in [0.3, 0.4) is 0 Å². The highest BCUT2D eigenvalue weighted by Gasteiger charge is 2.38. The summed E-state index contributed by atoms with van der Waals surface area (Å²) in [7, 11) is 0. The molecule has 0 radical (unpaired) electrons. The predicted octanol–water partition coefficient (Wildman–Crippen LogP) is 2.90. The van der Waals surface area contributed by atoms with Crippen LogP contribution in [-0.4, -0.2) is 12.1 Å². The average molecular weight is 196 g/mol. The lowest BCUT2D eigenvalue weighted by Crippen LogP contribution is -2.35. The smallest absolute Gasteiger partial charge is 0.146 e. The molecule has 2 heteroatoms. The lowest BCUT2D eigenvalue weighted by molar-refractivity contribution is -0.137. The van der Waals surface area contributed by atoms with Gasteiger partial charge in [-0.25, -0.2) is 0 Å². The van der Waals surface area contributed by atoms with E-state index in [4.69, 9.17) is 0 Å². The minimum Gasteiger partial charge on any atom is -0.302 e. The number of carbonyl (C=O) groups is 2. The third-order valence-electron chi connectivity index (χ3n) is 3.28. The number of ketones is 1. The van der Waals surface area contributed by atoms with Crippen molar-refractivity contribution in [2.75, 3.05) is 0 Å². The maximum Gasteiger partial charge on any atom is 0.146 e. The van der Waals surface area contributed by atoms with E-state index in [1.165, 1.54) is 0 Å². The highest BCUT2D eigenvalue weighted by molar-refractivity contribution is 5.98. The second-order valence-corrected chi connectivity index (χ2v) is 4.36. The maximum absolute atomic E-state index is 11.7. The lowest BCUT2D eigenvalue weighted by Gasteiger charge is -2.30. The first-order valence-corrected chi connectivity index (χ1v) is 5.75. The Balaban J connectivity index is 2.54. The lowest BCUT2D eigenvalue weighted by atomic mass is 9.71. The van der Waals surface area contributed by atoms with Crippen LogP contribution in [0.5, 0.6) is 0 Å². The van der Waals surface area contributed by atoms with E-state index in [2.05, 4.69) is 6.92 Å². The molecule has 2 nitrogen and oxygen atoms in total. The molecule has 1 unspecified atom stereocenters. The maximum atomic E-state index is 11.7. The highest BCUT2D eigenvalue weighted by Crippen LogP contribution is 2.36. The molecule has 1 fully saturated rings. The van der Waals surface area contributed by atoms with E-state index in [1.54, 1.807) is 0 Å².